The van der Waals surface area contributed by atoms with Crippen LogP contribution < -0.4 is 5.32 Å². The van der Waals surface area contributed by atoms with Gasteiger partial charge >= 0.3 is 0 Å². The number of ketones is 1. The molecule has 0 aliphatic carbocycles. The topological polar surface area (TPSA) is 46.2 Å². The van der Waals surface area contributed by atoms with Crippen molar-refractivity contribution in [3.8, 4) is 11.8 Å². The third kappa shape index (κ3) is 7.40. The Balaban J connectivity index is 2.02. The van der Waals surface area contributed by atoms with Crippen LogP contribution in [0.3, 0.4) is 0 Å². The number of carbonyl (C=O) groups is 2. The largest absolute Gasteiger partial charge is 0.352 e. The Kier molecular flexibility index (Phi) is 8.02. The van der Waals surface area contributed by atoms with Gasteiger partial charge in [0.25, 0.3) is 5.91 Å². The van der Waals surface area contributed by atoms with Gasteiger partial charge < -0.3 is 10.1 Å². The zero-order valence-corrected chi connectivity index (χ0v) is 17.2. The number of amides is 1. The molecule has 1 unspecified atom stereocenters. The van der Waals surface area contributed by atoms with Crippen molar-refractivity contribution in [1.82, 2.24) is 5.32 Å². The number of nitrogens with one attached hydrogen (secondary N) is 1. The summed E-state index contributed by atoms with van der Waals surface area (Å²) in [4.78, 5) is 23.4. The van der Waals surface area contributed by atoms with E-state index in [1.54, 1.807) is 13.0 Å². The van der Waals surface area contributed by atoms with E-state index in [9.17, 15) is 9.59 Å². The second kappa shape index (κ2) is 10.5. The van der Waals surface area contributed by atoms with Gasteiger partial charge in [-0.15, -0.1) is 0 Å². The molecule has 2 aromatic rings. The fraction of sp³-hybridized carbons (Fsp3) is 0.360. The van der Waals surface area contributed by atoms with Gasteiger partial charge in [0.2, 0.25) is 0 Å². The van der Waals surface area contributed by atoms with E-state index in [-0.39, 0.29) is 11.7 Å². The third-order valence-corrected chi connectivity index (χ3v) is 4.32. The lowest BCUT2D eigenvalue weighted by atomic mass is 9.96. The van der Waals surface area contributed by atoms with Crippen molar-refractivity contribution in [2.75, 3.05) is 6.54 Å². The summed E-state index contributed by atoms with van der Waals surface area (Å²) in [5.74, 6) is 7.21. The van der Waals surface area contributed by atoms with Crippen molar-refractivity contribution in [3.05, 3.63) is 70.8 Å². The molecule has 0 fully saturated rings. The normalized spacial score (nSPS) is 11.5. The van der Waals surface area contributed by atoms with Crippen molar-refractivity contribution >= 4 is 11.7 Å². The van der Waals surface area contributed by atoms with Crippen molar-refractivity contribution in [2.45, 2.75) is 40.5 Å². The summed E-state index contributed by atoms with van der Waals surface area (Å²) < 4.78 is 0. The van der Waals surface area contributed by atoms with E-state index >= 15 is 0 Å². The van der Waals surface area contributed by atoms with Crippen molar-refractivity contribution < 1.29 is 9.59 Å². The molecule has 3 heteroatoms. The Bertz CT molecular complexity index is 869. The summed E-state index contributed by atoms with van der Waals surface area (Å²) >= 11 is 0. The van der Waals surface area contributed by atoms with E-state index in [1.807, 2.05) is 30.3 Å². The Labute approximate surface area is 168 Å². The molecule has 1 N–H and O–H groups in total. The smallest absolute Gasteiger partial charge is 0.251 e. The molecule has 1 atom stereocenters. The monoisotopic (exact) mass is 375 g/mol. The highest BCUT2D eigenvalue weighted by Gasteiger charge is 2.07. The number of carbonyl (C=O) groups excluding carboxylic acids is 2. The zero-order valence-electron chi connectivity index (χ0n) is 17.2. The van der Waals surface area contributed by atoms with E-state index in [2.05, 4.69) is 50.1 Å². The highest BCUT2D eigenvalue weighted by atomic mass is 16.1. The second-order valence-electron chi connectivity index (χ2n) is 7.85. The van der Waals surface area contributed by atoms with Gasteiger partial charge in [0.05, 0.1) is 0 Å². The molecule has 0 saturated carbocycles. The summed E-state index contributed by atoms with van der Waals surface area (Å²) in [5.41, 5.74) is 3.58. The minimum Gasteiger partial charge on any atom is -0.352 e. The van der Waals surface area contributed by atoms with Gasteiger partial charge in [0, 0.05) is 29.7 Å². The summed E-state index contributed by atoms with van der Waals surface area (Å²) in [7, 11) is 0. The van der Waals surface area contributed by atoms with Crippen LogP contribution >= 0.6 is 0 Å². The molecule has 0 aliphatic heterocycles. The summed E-state index contributed by atoms with van der Waals surface area (Å²) in [6, 6.07) is 15.5. The van der Waals surface area contributed by atoms with Crippen LogP contribution in [-0.4, -0.2) is 18.2 Å². The van der Waals surface area contributed by atoms with Crippen LogP contribution in [0.2, 0.25) is 0 Å². The predicted molar refractivity (Wildman–Crippen MR) is 114 cm³/mol. The first kappa shape index (κ1) is 21.4. The lowest BCUT2D eigenvalue weighted by molar-refractivity contribution is -0.117. The third-order valence-electron chi connectivity index (χ3n) is 4.32. The Morgan fingerprint density at radius 2 is 1.64 bits per heavy atom. The maximum Gasteiger partial charge on any atom is 0.251 e. The fourth-order valence-electron chi connectivity index (χ4n) is 2.97. The van der Waals surface area contributed by atoms with Crippen molar-refractivity contribution in [3.63, 3.8) is 0 Å². The van der Waals surface area contributed by atoms with E-state index in [0.717, 1.165) is 17.5 Å². The molecule has 0 heterocycles. The molecule has 0 aromatic heterocycles. The Morgan fingerprint density at radius 1 is 0.964 bits per heavy atom. The Hall–Kier alpha value is -2.86. The summed E-state index contributed by atoms with van der Waals surface area (Å²) in [6.45, 7) is 8.53. The molecule has 2 aromatic carbocycles. The van der Waals surface area contributed by atoms with Crippen LogP contribution in [0.15, 0.2) is 48.5 Å². The summed E-state index contributed by atoms with van der Waals surface area (Å²) in [6.07, 6.45) is 1.50. The number of benzene rings is 2. The maximum atomic E-state index is 12.2. The minimum atomic E-state index is -0.0682. The molecule has 146 valence electrons. The van der Waals surface area contributed by atoms with Gasteiger partial charge in [-0.05, 0) is 61.1 Å². The van der Waals surface area contributed by atoms with E-state index in [0.29, 0.717) is 30.4 Å². The molecule has 0 spiro atoms. The number of rotatable bonds is 7. The van der Waals surface area contributed by atoms with Gasteiger partial charge in [-0.2, -0.15) is 0 Å². The second-order valence-corrected chi connectivity index (χ2v) is 7.85. The zero-order chi connectivity index (χ0) is 20.5. The van der Waals surface area contributed by atoms with Crippen LogP contribution in [0.25, 0.3) is 0 Å². The fourth-order valence-corrected chi connectivity index (χ4v) is 2.97. The molecular formula is C25H29NO2. The molecule has 0 saturated heterocycles. The average Bonchev–Trinajstić information content (AvgIpc) is 2.65. The van der Waals surface area contributed by atoms with Crippen molar-refractivity contribution in [1.29, 1.82) is 0 Å². The van der Waals surface area contributed by atoms with Crippen LogP contribution in [0.1, 0.15) is 61.2 Å². The maximum absolute atomic E-state index is 12.2. The van der Waals surface area contributed by atoms with Gasteiger partial charge in [0.15, 0.2) is 0 Å². The standard InChI is InChI=1S/C25H29NO2/c1-18(2)17-26-25(28)24-7-5-6-22(16-24)11-8-21-9-12-23(13-10-21)15-19(3)14-20(4)27/h5-7,9-10,12-13,16,18-19H,14-15,17H2,1-4H3,(H,26,28). The summed E-state index contributed by atoms with van der Waals surface area (Å²) in [5, 5.41) is 2.92. The van der Waals surface area contributed by atoms with Gasteiger partial charge in [0.1, 0.15) is 5.78 Å². The predicted octanol–water partition coefficient (Wildman–Crippen LogP) is 4.63. The van der Waals surface area contributed by atoms with Gasteiger partial charge in [-0.3, -0.25) is 4.79 Å². The first-order chi connectivity index (χ1) is 13.3. The lowest BCUT2D eigenvalue weighted by Crippen LogP contribution is -2.27. The van der Waals surface area contributed by atoms with E-state index < -0.39 is 0 Å². The lowest BCUT2D eigenvalue weighted by Gasteiger charge is -2.09. The molecule has 2 rings (SSSR count). The molecular weight excluding hydrogens is 346 g/mol. The molecule has 0 aliphatic rings. The van der Waals surface area contributed by atoms with Crippen molar-refractivity contribution in [2.24, 2.45) is 11.8 Å². The van der Waals surface area contributed by atoms with Gasteiger partial charge in [-0.25, -0.2) is 0 Å². The first-order valence-electron chi connectivity index (χ1n) is 9.82. The van der Waals surface area contributed by atoms with Crippen LogP contribution in [0, 0.1) is 23.7 Å². The van der Waals surface area contributed by atoms with Crippen LogP contribution in [0.4, 0.5) is 0 Å². The average molecular weight is 376 g/mol. The SMILES string of the molecule is CC(=O)CC(C)Cc1ccc(C#Cc2cccc(C(=O)NCC(C)C)c2)cc1. The van der Waals surface area contributed by atoms with Crippen LogP contribution in [-0.2, 0) is 11.2 Å². The quantitative estimate of drug-likeness (QED) is 0.717. The first-order valence-corrected chi connectivity index (χ1v) is 9.82. The number of Topliss-reactive ketones (excluding diaryl/α,β-unsaturated/α-hetero) is 1. The highest BCUT2D eigenvalue weighted by Crippen LogP contribution is 2.13. The Morgan fingerprint density at radius 3 is 2.29 bits per heavy atom. The molecule has 0 bridgehead atoms. The number of hydrogen-bond donors (Lipinski definition) is 1. The van der Waals surface area contributed by atoms with E-state index in [4.69, 9.17) is 0 Å². The van der Waals surface area contributed by atoms with E-state index in [1.165, 1.54) is 5.56 Å². The number of hydrogen-bond acceptors (Lipinski definition) is 2. The molecule has 1 amide bonds. The molecule has 0 radical (unpaired) electrons. The minimum absolute atomic E-state index is 0.0682. The van der Waals surface area contributed by atoms with Crippen LogP contribution in [0.5, 0.6) is 0 Å². The molecule has 3 nitrogen and oxygen atoms in total. The van der Waals surface area contributed by atoms with Gasteiger partial charge in [-0.1, -0.05) is 50.8 Å². The highest BCUT2D eigenvalue weighted by molar-refractivity contribution is 5.94. The molecule has 28 heavy (non-hydrogen) atoms.